The quantitative estimate of drug-likeness (QED) is 0.738. The van der Waals surface area contributed by atoms with Gasteiger partial charge in [-0.25, -0.2) is 0 Å². The first-order valence-electron chi connectivity index (χ1n) is 6.79. The number of carbonyl (C=O) groups is 1. The van der Waals surface area contributed by atoms with Gasteiger partial charge >= 0.3 is 0 Å². The lowest BCUT2D eigenvalue weighted by molar-refractivity contribution is 0.101. The number of benzene rings is 1. The number of nitrogens with zero attached hydrogens (tertiary/aromatic N) is 4. The van der Waals surface area contributed by atoms with Crippen LogP contribution in [0, 0.1) is 0 Å². The fraction of sp³-hybridized carbons (Fsp3) is 0.133. The lowest BCUT2D eigenvalue weighted by Crippen LogP contribution is -2.16. The highest BCUT2D eigenvalue weighted by molar-refractivity contribution is 9.10. The first kappa shape index (κ1) is 15.8. The average Bonchev–Trinajstić information content (AvgIpc) is 3.08. The largest absolute Gasteiger partial charge is 0.318 e. The van der Waals surface area contributed by atoms with Crippen LogP contribution < -0.4 is 5.32 Å². The number of anilines is 1. The lowest BCUT2D eigenvalue weighted by atomic mass is 10.2. The van der Waals surface area contributed by atoms with Crippen molar-refractivity contribution in [3.63, 3.8) is 0 Å². The summed E-state index contributed by atoms with van der Waals surface area (Å²) in [6.07, 6.45) is 4.93. The molecule has 3 rings (SSSR count). The van der Waals surface area contributed by atoms with Crippen LogP contribution in [0.4, 0.5) is 5.69 Å². The average molecular weight is 395 g/mol. The van der Waals surface area contributed by atoms with Crippen LogP contribution in [0.1, 0.15) is 16.1 Å². The predicted octanol–water partition coefficient (Wildman–Crippen LogP) is 3.33. The summed E-state index contributed by atoms with van der Waals surface area (Å²) in [5.74, 6) is -0.255. The van der Waals surface area contributed by atoms with Gasteiger partial charge in [0.2, 0.25) is 0 Å². The van der Waals surface area contributed by atoms with Crippen molar-refractivity contribution in [2.75, 3.05) is 5.32 Å². The van der Waals surface area contributed by atoms with Crippen molar-refractivity contribution in [1.29, 1.82) is 0 Å². The maximum absolute atomic E-state index is 12.3. The minimum absolute atomic E-state index is 0.255. The maximum Gasteiger partial charge on any atom is 0.275 e. The molecule has 23 heavy (non-hydrogen) atoms. The van der Waals surface area contributed by atoms with Crippen molar-refractivity contribution in [3.05, 3.63) is 63.6 Å². The molecule has 6 nitrogen and oxygen atoms in total. The number of hydrogen-bond donors (Lipinski definition) is 1. The molecule has 0 saturated heterocycles. The van der Waals surface area contributed by atoms with Crippen molar-refractivity contribution >= 4 is 39.1 Å². The highest BCUT2D eigenvalue weighted by Crippen LogP contribution is 2.19. The molecule has 1 N–H and O–H groups in total. The second-order valence-corrected chi connectivity index (χ2v) is 6.20. The summed E-state index contributed by atoms with van der Waals surface area (Å²) in [5.41, 5.74) is 2.02. The Hall–Kier alpha value is -2.12. The predicted molar refractivity (Wildman–Crippen MR) is 91.6 cm³/mol. The number of carbonyl (C=O) groups excluding carboxylic acids is 1. The molecule has 0 bridgehead atoms. The van der Waals surface area contributed by atoms with Crippen LogP contribution in [-0.2, 0) is 13.6 Å². The van der Waals surface area contributed by atoms with E-state index in [0.29, 0.717) is 27.4 Å². The normalized spacial score (nSPS) is 10.7. The fourth-order valence-electron chi connectivity index (χ4n) is 2.17. The van der Waals surface area contributed by atoms with Gasteiger partial charge in [0.05, 0.1) is 29.1 Å². The van der Waals surface area contributed by atoms with Crippen LogP contribution >= 0.6 is 27.5 Å². The van der Waals surface area contributed by atoms with E-state index in [-0.39, 0.29) is 5.91 Å². The number of aromatic nitrogens is 4. The van der Waals surface area contributed by atoms with Crippen molar-refractivity contribution in [2.45, 2.75) is 6.54 Å². The zero-order valence-electron chi connectivity index (χ0n) is 12.2. The molecule has 0 aliphatic heterocycles. The molecule has 1 aromatic carbocycles. The van der Waals surface area contributed by atoms with Gasteiger partial charge in [0.25, 0.3) is 5.91 Å². The second-order valence-electron chi connectivity index (χ2n) is 4.94. The molecule has 0 unspecified atom stereocenters. The van der Waals surface area contributed by atoms with Crippen molar-refractivity contribution in [1.82, 2.24) is 19.6 Å². The fourth-order valence-corrected chi connectivity index (χ4v) is 2.90. The van der Waals surface area contributed by atoms with Gasteiger partial charge in [-0.1, -0.05) is 29.8 Å². The Morgan fingerprint density at radius 3 is 2.78 bits per heavy atom. The summed E-state index contributed by atoms with van der Waals surface area (Å²) in [5, 5.41) is 11.8. The van der Waals surface area contributed by atoms with E-state index in [0.717, 1.165) is 5.56 Å². The molecule has 0 aliphatic carbocycles. The van der Waals surface area contributed by atoms with Crippen molar-refractivity contribution in [3.8, 4) is 0 Å². The van der Waals surface area contributed by atoms with Gasteiger partial charge in [-0.15, -0.1) is 0 Å². The van der Waals surface area contributed by atoms with Gasteiger partial charge in [0.1, 0.15) is 5.69 Å². The Balaban J connectivity index is 1.73. The van der Waals surface area contributed by atoms with Crippen molar-refractivity contribution in [2.24, 2.45) is 7.05 Å². The van der Waals surface area contributed by atoms with Crippen molar-refractivity contribution < 1.29 is 4.79 Å². The molecule has 2 heterocycles. The number of halogens is 2. The van der Waals surface area contributed by atoms with Crippen LogP contribution in [0.2, 0.25) is 5.02 Å². The molecule has 0 fully saturated rings. The number of hydrogen-bond acceptors (Lipinski definition) is 3. The zero-order chi connectivity index (χ0) is 16.4. The molecular formula is C15H13BrClN5O. The minimum Gasteiger partial charge on any atom is -0.318 e. The first-order chi connectivity index (χ1) is 11.0. The molecule has 1 amide bonds. The summed E-state index contributed by atoms with van der Waals surface area (Å²) >= 11 is 9.45. The number of rotatable bonds is 4. The molecule has 2 aromatic heterocycles. The molecule has 0 atom stereocenters. The monoisotopic (exact) mass is 393 g/mol. The third-order valence-corrected chi connectivity index (χ3v) is 4.24. The minimum atomic E-state index is -0.255. The Bertz CT molecular complexity index is 838. The smallest absolute Gasteiger partial charge is 0.275 e. The Labute approximate surface area is 146 Å². The number of nitrogens with one attached hydrogen (secondary N) is 1. The van der Waals surface area contributed by atoms with E-state index in [1.165, 1.54) is 4.68 Å². The molecule has 8 heteroatoms. The Morgan fingerprint density at radius 2 is 2.09 bits per heavy atom. The third kappa shape index (κ3) is 3.46. The van der Waals surface area contributed by atoms with E-state index < -0.39 is 0 Å². The first-order valence-corrected chi connectivity index (χ1v) is 7.96. The molecule has 3 aromatic rings. The number of aryl methyl sites for hydroxylation is 1. The van der Waals surface area contributed by atoms with E-state index in [2.05, 4.69) is 31.4 Å². The van der Waals surface area contributed by atoms with Crippen LogP contribution in [0.15, 0.2) is 47.3 Å². The molecule has 0 spiro atoms. The van der Waals surface area contributed by atoms with Gasteiger partial charge in [-0.2, -0.15) is 10.2 Å². The summed E-state index contributed by atoms with van der Waals surface area (Å²) in [7, 11) is 1.71. The molecule has 0 saturated carbocycles. The van der Waals surface area contributed by atoms with Gasteiger partial charge in [-0.05, 0) is 27.6 Å². The van der Waals surface area contributed by atoms with E-state index >= 15 is 0 Å². The third-order valence-electron chi connectivity index (χ3n) is 3.29. The van der Waals surface area contributed by atoms with E-state index in [1.807, 2.05) is 24.3 Å². The summed E-state index contributed by atoms with van der Waals surface area (Å²) in [4.78, 5) is 12.3. The summed E-state index contributed by atoms with van der Waals surface area (Å²) < 4.78 is 3.86. The maximum atomic E-state index is 12.3. The van der Waals surface area contributed by atoms with E-state index in [4.69, 9.17) is 11.6 Å². The van der Waals surface area contributed by atoms with Gasteiger partial charge < -0.3 is 5.32 Å². The van der Waals surface area contributed by atoms with E-state index in [1.54, 1.807) is 30.3 Å². The topological polar surface area (TPSA) is 64.7 Å². The van der Waals surface area contributed by atoms with Gasteiger partial charge in [-0.3, -0.25) is 14.2 Å². The molecule has 0 radical (unpaired) electrons. The zero-order valence-corrected chi connectivity index (χ0v) is 14.5. The van der Waals surface area contributed by atoms with Crippen LogP contribution in [0.3, 0.4) is 0 Å². The highest BCUT2D eigenvalue weighted by Gasteiger charge is 2.16. The number of amides is 1. The summed E-state index contributed by atoms with van der Waals surface area (Å²) in [6.45, 7) is 0.533. The van der Waals surface area contributed by atoms with Gasteiger partial charge in [0.15, 0.2) is 0 Å². The van der Waals surface area contributed by atoms with Gasteiger partial charge in [0, 0.05) is 18.3 Å². The van der Waals surface area contributed by atoms with Crippen LogP contribution in [0.25, 0.3) is 0 Å². The van der Waals surface area contributed by atoms with Crippen LogP contribution in [-0.4, -0.2) is 25.5 Å². The molecular weight excluding hydrogens is 382 g/mol. The Morgan fingerprint density at radius 1 is 1.30 bits per heavy atom. The summed E-state index contributed by atoms with van der Waals surface area (Å²) in [6, 6.07) is 7.58. The molecule has 0 aliphatic rings. The Kier molecular flexibility index (Phi) is 4.49. The molecule has 118 valence electrons. The van der Waals surface area contributed by atoms with E-state index in [9.17, 15) is 4.79 Å². The SMILES string of the molecule is Cn1ncc(Br)c1C(=O)Nc1cnn(Cc2ccccc2Cl)c1. The second kappa shape index (κ2) is 6.55. The van der Waals surface area contributed by atoms with Crippen LogP contribution in [0.5, 0.6) is 0 Å². The standard InChI is InChI=1S/C15H13BrClN5O/c1-21-14(12(16)7-18-21)15(23)20-11-6-19-22(9-11)8-10-4-2-3-5-13(10)17/h2-7,9H,8H2,1H3,(H,20,23). The lowest BCUT2D eigenvalue weighted by Gasteiger charge is -2.05. The highest BCUT2D eigenvalue weighted by atomic mass is 79.9.